The highest BCUT2D eigenvalue weighted by Crippen LogP contribution is 2.17. The fourth-order valence-electron chi connectivity index (χ4n) is 4.41. The number of aromatic nitrogens is 3. The Kier molecular flexibility index (Phi) is 7.38. The first-order chi connectivity index (χ1) is 15.2. The van der Waals surface area contributed by atoms with Crippen molar-refractivity contribution in [3.63, 3.8) is 0 Å². The molecule has 2 aliphatic rings. The quantitative estimate of drug-likeness (QED) is 0.436. The van der Waals surface area contributed by atoms with Crippen molar-refractivity contribution in [3.05, 3.63) is 41.7 Å². The maximum Gasteiger partial charge on any atom is 0.194 e. The number of anilines is 1. The predicted octanol–water partition coefficient (Wildman–Crippen LogP) is 2.86. The van der Waals surface area contributed by atoms with E-state index in [4.69, 9.17) is 4.99 Å². The van der Waals surface area contributed by atoms with Gasteiger partial charge in [-0.1, -0.05) is 6.42 Å². The second-order valence-electron chi connectivity index (χ2n) is 8.28. The number of guanidine groups is 1. The third-order valence-electron chi connectivity index (χ3n) is 6.11. The highest BCUT2D eigenvalue weighted by Gasteiger charge is 2.20. The molecule has 0 unspecified atom stereocenters. The molecule has 3 heterocycles. The van der Waals surface area contributed by atoms with Crippen molar-refractivity contribution in [2.45, 2.75) is 52.0 Å². The van der Waals surface area contributed by atoms with Crippen molar-refractivity contribution >= 4 is 11.6 Å². The van der Waals surface area contributed by atoms with E-state index >= 15 is 0 Å². The van der Waals surface area contributed by atoms with Crippen LogP contribution in [0.4, 0.5) is 10.1 Å². The van der Waals surface area contributed by atoms with Crippen LogP contribution in [0.15, 0.2) is 29.3 Å². The van der Waals surface area contributed by atoms with Gasteiger partial charge in [0.2, 0.25) is 0 Å². The molecule has 168 valence electrons. The second-order valence-corrected chi connectivity index (χ2v) is 8.28. The smallest absolute Gasteiger partial charge is 0.194 e. The molecule has 1 saturated heterocycles. The van der Waals surface area contributed by atoms with Crippen LogP contribution in [0.25, 0.3) is 0 Å². The largest absolute Gasteiger partial charge is 0.368 e. The van der Waals surface area contributed by atoms with E-state index < -0.39 is 0 Å². The number of aryl methyl sites for hydroxylation is 2. The Hall–Kier alpha value is -2.64. The highest BCUT2D eigenvalue weighted by molar-refractivity contribution is 5.80. The van der Waals surface area contributed by atoms with Crippen LogP contribution < -0.4 is 10.2 Å². The maximum atomic E-state index is 13.2. The predicted molar refractivity (Wildman–Crippen MR) is 122 cm³/mol. The van der Waals surface area contributed by atoms with E-state index in [0.717, 1.165) is 88.4 Å². The summed E-state index contributed by atoms with van der Waals surface area (Å²) in [5.41, 5.74) is 1.08. The molecule has 0 radical (unpaired) electrons. The molecule has 0 saturated carbocycles. The lowest BCUT2D eigenvalue weighted by Gasteiger charge is -2.37. The van der Waals surface area contributed by atoms with Gasteiger partial charge in [-0.15, -0.1) is 10.2 Å². The van der Waals surface area contributed by atoms with Crippen LogP contribution in [0.3, 0.4) is 0 Å². The first kappa shape index (κ1) is 21.6. The van der Waals surface area contributed by atoms with E-state index in [1.54, 1.807) is 0 Å². The minimum absolute atomic E-state index is 0.189. The summed E-state index contributed by atoms with van der Waals surface area (Å²) in [5, 5.41) is 12.3. The number of fused-ring (bicyclic) bond motifs is 1. The number of nitrogens with one attached hydrogen (secondary N) is 1. The molecule has 0 atom stereocenters. The van der Waals surface area contributed by atoms with Gasteiger partial charge in [0.25, 0.3) is 0 Å². The molecular formula is C23H34FN7. The average Bonchev–Trinajstić information content (AvgIpc) is 3.02. The number of nitrogens with zero attached hydrogens (tertiary/aromatic N) is 6. The molecule has 1 aromatic carbocycles. The number of hydrogen-bond donors (Lipinski definition) is 1. The Morgan fingerprint density at radius 1 is 1.03 bits per heavy atom. The third-order valence-corrected chi connectivity index (χ3v) is 6.11. The van der Waals surface area contributed by atoms with Gasteiger partial charge >= 0.3 is 0 Å². The minimum atomic E-state index is -0.189. The number of halogens is 1. The van der Waals surface area contributed by atoms with Crippen LogP contribution in [-0.2, 0) is 19.4 Å². The lowest BCUT2D eigenvalue weighted by molar-refractivity contribution is 0.372. The summed E-state index contributed by atoms with van der Waals surface area (Å²) in [7, 11) is 0. The molecule has 31 heavy (non-hydrogen) atoms. The molecule has 1 aromatic heterocycles. The fraction of sp³-hybridized carbons (Fsp3) is 0.609. The first-order valence-corrected chi connectivity index (χ1v) is 11.7. The van der Waals surface area contributed by atoms with E-state index in [-0.39, 0.29) is 5.82 Å². The van der Waals surface area contributed by atoms with Crippen LogP contribution in [-0.4, -0.2) is 64.9 Å². The van der Waals surface area contributed by atoms with E-state index in [0.29, 0.717) is 0 Å². The summed E-state index contributed by atoms with van der Waals surface area (Å²) in [4.78, 5) is 9.51. The average molecular weight is 428 g/mol. The summed E-state index contributed by atoms with van der Waals surface area (Å²) in [5.74, 6) is 3.07. The van der Waals surface area contributed by atoms with Crippen molar-refractivity contribution in [2.75, 3.05) is 44.2 Å². The molecule has 0 amide bonds. The second kappa shape index (κ2) is 10.6. The molecule has 1 N–H and O–H groups in total. The molecular weight excluding hydrogens is 393 g/mol. The topological polar surface area (TPSA) is 61.6 Å². The number of benzene rings is 1. The molecule has 0 spiro atoms. The Labute approximate surface area is 184 Å². The summed E-state index contributed by atoms with van der Waals surface area (Å²) >= 11 is 0. The van der Waals surface area contributed by atoms with Crippen molar-refractivity contribution < 1.29 is 4.39 Å². The van der Waals surface area contributed by atoms with Crippen molar-refractivity contribution in [3.8, 4) is 0 Å². The fourth-order valence-corrected chi connectivity index (χ4v) is 4.41. The Morgan fingerprint density at radius 2 is 1.84 bits per heavy atom. The van der Waals surface area contributed by atoms with Crippen LogP contribution in [0.5, 0.6) is 0 Å². The number of aliphatic imine (C=N–C) groups is 1. The summed E-state index contributed by atoms with van der Waals surface area (Å²) in [6, 6.07) is 6.77. The molecule has 0 aliphatic carbocycles. The van der Waals surface area contributed by atoms with Crippen LogP contribution in [0.1, 0.15) is 44.3 Å². The van der Waals surface area contributed by atoms with Gasteiger partial charge in [0.15, 0.2) is 5.96 Å². The molecule has 0 bridgehead atoms. The van der Waals surface area contributed by atoms with E-state index in [1.807, 2.05) is 12.1 Å². The van der Waals surface area contributed by atoms with Crippen LogP contribution >= 0.6 is 0 Å². The standard InChI is InChI=1S/C23H34FN7/c1-2-25-23(30-17-15-29(16-18-30)20-11-9-19(24)10-12-20)26-13-6-8-22-28-27-21-7-4-3-5-14-31(21)22/h9-12H,2-8,13-18H2,1H3,(H,25,26). The normalized spacial score (nSPS) is 17.4. The first-order valence-electron chi connectivity index (χ1n) is 11.7. The number of piperazine rings is 1. The molecule has 7 nitrogen and oxygen atoms in total. The lowest BCUT2D eigenvalue weighted by Crippen LogP contribution is -2.52. The Bertz CT molecular complexity index is 853. The van der Waals surface area contributed by atoms with Gasteiger partial charge in [-0.2, -0.15) is 0 Å². The lowest BCUT2D eigenvalue weighted by atomic mass is 10.2. The van der Waals surface area contributed by atoms with Gasteiger partial charge < -0.3 is 19.7 Å². The maximum absolute atomic E-state index is 13.2. The minimum Gasteiger partial charge on any atom is -0.368 e. The zero-order valence-corrected chi connectivity index (χ0v) is 18.6. The zero-order chi connectivity index (χ0) is 21.5. The van der Waals surface area contributed by atoms with E-state index in [9.17, 15) is 4.39 Å². The van der Waals surface area contributed by atoms with Gasteiger partial charge in [0.1, 0.15) is 17.5 Å². The van der Waals surface area contributed by atoms with Crippen LogP contribution in [0.2, 0.25) is 0 Å². The van der Waals surface area contributed by atoms with Crippen molar-refractivity contribution in [1.29, 1.82) is 0 Å². The van der Waals surface area contributed by atoms with Gasteiger partial charge in [-0.05, 0) is 50.5 Å². The van der Waals surface area contributed by atoms with Gasteiger partial charge in [0, 0.05) is 64.3 Å². The molecule has 1 fully saturated rings. The van der Waals surface area contributed by atoms with E-state index in [1.165, 1.54) is 31.4 Å². The van der Waals surface area contributed by atoms with Crippen molar-refractivity contribution in [2.24, 2.45) is 4.99 Å². The molecule has 2 aromatic rings. The monoisotopic (exact) mass is 427 g/mol. The molecule has 4 rings (SSSR count). The van der Waals surface area contributed by atoms with Gasteiger partial charge in [0.05, 0.1) is 0 Å². The summed E-state index contributed by atoms with van der Waals surface area (Å²) in [6.07, 6.45) is 6.69. The number of rotatable bonds is 6. The van der Waals surface area contributed by atoms with Crippen molar-refractivity contribution in [1.82, 2.24) is 25.0 Å². The molecule has 2 aliphatic heterocycles. The third kappa shape index (κ3) is 5.54. The Balaban J connectivity index is 1.29. The van der Waals surface area contributed by atoms with Crippen LogP contribution in [0, 0.1) is 5.82 Å². The number of hydrogen-bond acceptors (Lipinski definition) is 4. The van der Waals surface area contributed by atoms with Gasteiger partial charge in [-0.25, -0.2) is 4.39 Å². The summed E-state index contributed by atoms with van der Waals surface area (Å²) < 4.78 is 15.5. The van der Waals surface area contributed by atoms with Gasteiger partial charge in [-0.3, -0.25) is 4.99 Å². The Morgan fingerprint density at radius 3 is 2.61 bits per heavy atom. The van der Waals surface area contributed by atoms with E-state index in [2.05, 4.69) is 36.8 Å². The summed E-state index contributed by atoms with van der Waals surface area (Å²) in [6.45, 7) is 8.42. The SMILES string of the molecule is CCNC(=NCCCc1nnc2n1CCCCC2)N1CCN(c2ccc(F)cc2)CC1. The highest BCUT2D eigenvalue weighted by atomic mass is 19.1. The zero-order valence-electron chi connectivity index (χ0n) is 18.6. The molecule has 8 heteroatoms.